The summed E-state index contributed by atoms with van der Waals surface area (Å²) in [5.41, 5.74) is 2.22. The van der Waals surface area contributed by atoms with Crippen molar-refractivity contribution in [1.82, 2.24) is 0 Å². The van der Waals surface area contributed by atoms with Crippen molar-refractivity contribution in [2.24, 2.45) is 10.8 Å². The molecule has 0 saturated carbocycles. The molecule has 0 amide bonds. The molecule has 4 aromatic carbocycles. The van der Waals surface area contributed by atoms with Crippen molar-refractivity contribution in [3.05, 3.63) is 129 Å². The third kappa shape index (κ3) is 7.15. The van der Waals surface area contributed by atoms with Crippen molar-refractivity contribution < 1.29 is 40.2 Å². The van der Waals surface area contributed by atoms with Gasteiger partial charge in [0, 0.05) is 22.7 Å². The number of hydrogen-bond donors (Lipinski definition) is 2. The van der Waals surface area contributed by atoms with E-state index in [0.29, 0.717) is 32.7 Å². The summed E-state index contributed by atoms with van der Waals surface area (Å²) in [6, 6.07) is 17.5. The van der Waals surface area contributed by atoms with Crippen LogP contribution in [0, 0.1) is 49.1 Å². The number of halogens is 3. The van der Waals surface area contributed by atoms with Crippen LogP contribution in [0.2, 0.25) is 0 Å². The first-order chi connectivity index (χ1) is 23.1. The molecule has 0 aliphatic carbocycles. The Labute approximate surface area is 292 Å². The van der Waals surface area contributed by atoms with Crippen molar-refractivity contribution in [2.45, 2.75) is 82.3 Å². The van der Waals surface area contributed by atoms with Crippen LogP contribution in [0.5, 0.6) is 0 Å². The zero-order chi connectivity index (χ0) is 37.1. The fourth-order valence-electron chi connectivity index (χ4n) is 7.66. The third-order valence-electron chi connectivity index (χ3n) is 9.82. The van der Waals surface area contributed by atoms with E-state index >= 15 is 0 Å². The van der Waals surface area contributed by atoms with Gasteiger partial charge in [0.1, 0.15) is 17.5 Å². The van der Waals surface area contributed by atoms with E-state index in [9.17, 15) is 40.2 Å². The van der Waals surface area contributed by atoms with Crippen LogP contribution in [0.15, 0.2) is 82.6 Å². The van der Waals surface area contributed by atoms with E-state index in [1.165, 1.54) is 48.5 Å². The molecule has 50 heavy (non-hydrogen) atoms. The molecular weight excluding hydrogens is 686 g/mol. The summed E-state index contributed by atoms with van der Waals surface area (Å²) in [7, 11) is -7.27. The Balaban J connectivity index is 0.000000194. The lowest BCUT2D eigenvalue weighted by molar-refractivity contribution is 0.0520. The fourth-order valence-corrected chi connectivity index (χ4v) is 12.4. The van der Waals surface area contributed by atoms with E-state index in [0.717, 1.165) is 5.56 Å². The lowest BCUT2D eigenvalue weighted by Crippen LogP contribution is -2.38. The van der Waals surface area contributed by atoms with Gasteiger partial charge in [-0.2, -0.15) is 0 Å². The van der Waals surface area contributed by atoms with E-state index in [1.807, 2.05) is 19.1 Å². The molecule has 0 fully saturated rings. The average Bonchev–Trinajstić information content (AvgIpc) is 3.07. The molecule has 0 bridgehead atoms. The van der Waals surface area contributed by atoms with Crippen LogP contribution in [-0.2, 0) is 19.7 Å². The first kappa shape index (κ1) is 37.7. The molecule has 4 aromatic rings. The van der Waals surface area contributed by atoms with E-state index in [4.69, 9.17) is 0 Å². The molecule has 268 valence electrons. The minimum Gasteiger partial charge on any atom is -0.392 e. The number of benzene rings is 4. The Bertz CT molecular complexity index is 1990. The highest BCUT2D eigenvalue weighted by atomic mass is 32.2. The van der Waals surface area contributed by atoms with Crippen LogP contribution in [0.1, 0.15) is 78.5 Å². The van der Waals surface area contributed by atoms with Gasteiger partial charge in [0.15, 0.2) is 19.7 Å². The van der Waals surface area contributed by atoms with Crippen LogP contribution in [0.4, 0.5) is 13.2 Å². The maximum absolute atomic E-state index is 14.1. The normalized spacial score (nSPS) is 24.4. The number of fused-ring (bicyclic) bond motifs is 2. The van der Waals surface area contributed by atoms with Crippen LogP contribution < -0.4 is 0 Å². The van der Waals surface area contributed by atoms with Gasteiger partial charge in [0.05, 0.1) is 33.5 Å². The van der Waals surface area contributed by atoms with E-state index in [1.54, 1.807) is 53.7 Å². The molecule has 2 aliphatic heterocycles. The summed E-state index contributed by atoms with van der Waals surface area (Å²) in [4.78, 5) is 0.366. The van der Waals surface area contributed by atoms with Gasteiger partial charge in [0.2, 0.25) is 0 Å². The Morgan fingerprint density at radius 1 is 0.560 bits per heavy atom. The van der Waals surface area contributed by atoms with Gasteiger partial charge in [-0.3, -0.25) is 0 Å². The Morgan fingerprint density at radius 3 is 1.32 bits per heavy atom. The minimum atomic E-state index is -3.72. The highest BCUT2D eigenvalue weighted by Crippen LogP contribution is 2.47. The topological polar surface area (TPSA) is 109 Å². The summed E-state index contributed by atoms with van der Waals surface area (Å²) in [6.07, 6.45) is -1.98. The standard InChI is InChI=1S/C20H23FO3S.C19H20F2O3S/c1-12-9-13(2)18-16(10-12)17(14-5-7-15(21)8-6-14)19(22)20(3,4)11-25(18,23)24;1-11-8-14(21)9-15-16(12-4-6-13(20)7-5-12)18(22)19(2,3)10-25(23,24)17(11)15/h5-10,17,19,22H,11H2,1-4H3;4-9,16,18,22H,10H2,1-3H3/t17-,19-;16-,18-/m11/s1. The van der Waals surface area contributed by atoms with Gasteiger partial charge in [-0.1, -0.05) is 69.7 Å². The van der Waals surface area contributed by atoms with E-state index in [2.05, 4.69) is 0 Å². The maximum atomic E-state index is 14.1. The molecule has 0 aromatic heterocycles. The van der Waals surface area contributed by atoms with Crippen LogP contribution in [0.25, 0.3) is 0 Å². The van der Waals surface area contributed by atoms with E-state index in [-0.39, 0.29) is 27.8 Å². The number of aryl methyl sites for hydroxylation is 3. The van der Waals surface area contributed by atoms with Crippen LogP contribution in [0.3, 0.4) is 0 Å². The molecule has 6 nitrogen and oxygen atoms in total. The second kappa shape index (κ2) is 13.2. The van der Waals surface area contributed by atoms with Gasteiger partial charge in [-0.05, 0) is 90.6 Å². The third-order valence-corrected chi connectivity index (χ3v) is 14.4. The van der Waals surface area contributed by atoms with Crippen molar-refractivity contribution >= 4 is 19.7 Å². The molecule has 0 radical (unpaired) electrons. The van der Waals surface area contributed by atoms with Crippen LogP contribution >= 0.6 is 0 Å². The predicted octanol–water partition coefficient (Wildman–Crippen LogP) is 7.33. The minimum absolute atomic E-state index is 0.0628. The number of aliphatic hydroxyl groups excluding tert-OH is 2. The monoisotopic (exact) mass is 728 g/mol. The summed E-state index contributed by atoms with van der Waals surface area (Å²) in [5.74, 6) is -3.04. The quantitative estimate of drug-likeness (QED) is 0.210. The Kier molecular flexibility index (Phi) is 9.99. The molecule has 0 saturated heterocycles. The molecule has 2 aliphatic rings. The second-order valence-electron chi connectivity index (χ2n) is 15.1. The molecule has 11 heteroatoms. The number of aliphatic hydroxyl groups is 2. The highest BCUT2D eigenvalue weighted by Gasteiger charge is 2.47. The molecule has 2 N–H and O–H groups in total. The van der Waals surface area contributed by atoms with E-state index < -0.39 is 66.2 Å². The first-order valence-electron chi connectivity index (χ1n) is 16.3. The number of sulfone groups is 2. The van der Waals surface area contributed by atoms with Crippen molar-refractivity contribution in [3.63, 3.8) is 0 Å². The molecule has 0 unspecified atom stereocenters. The highest BCUT2D eigenvalue weighted by molar-refractivity contribution is 7.91. The van der Waals surface area contributed by atoms with Gasteiger partial charge in [0.25, 0.3) is 0 Å². The molecular formula is C39H43F3O6S2. The first-order valence-corrected chi connectivity index (χ1v) is 19.6. The van der Waals surface area contributed by atoms with Crippen molar-refractivity contribution in [3.8, 4) is 0 Å². The molecule has 6 rings (SSSR count). The maximum Gasteiger partial charge on any atom is 0.179 e. The van der Waals surface area contributed by atoms with Gasteiger partial charge in [-0.15, -0.1) is 0 Å². The Morgan fingerprint density at radius 2 is 0.920 bits per heavy atom. The lowest BCUT2D eigenvalue weighted by atomic mass is 9.75. The van der Waals surface area contributed by atoms with Gasteiger partial charge < -0.3 is 10.2 Å². The summed E-state index contributed by atoms with van der Waals surface area (Å²) in [6.45, 7) is 12.1. The lowest BCUT2D eigenvalue weighted by Gasteiger charge is -2.33. The SMILES string of the molecule is Cc1cc(C)c2c(c1)[C@@H](c1ccc(F)cc1)[C@@H](O)C(C)(C)CS2(=O)=O.Cc1cc(F)cc2c1S(=O)(=O)CC(C)(C)[C@H](O)[C@@H]2c1ccc(F)cc1. The molecule has 0 spiro atoms. The predicted molar refractivity (Wildman–Crippen MR) is 187 cm³/mol. The largest absolute Gasteiger partial charge is 0.392 e. The smallest absolute Gasteiger partial charge is 0.179 e. The summed E-state index contributed by atoms with van der Waals surface area (Å²) in [5, 5.41) is 22.1. The number of rotatable bonds is 2. The fraction of sp³-hybridized carbons (Fsp3) is 0.385. The number of hydrogen-bond acceptors (Lipinski definition) is 6. The van der Waals surface area contributed by atoms with Crippen molar-refractivity contribution in [1.29, 1.82) is 0 Å². The van der Waals surface area contributed by atoms with Crippen molar-refractivity contribution in [2.75, 3.05) is 11.5 Å². The summed E-state index contributed by atoms with van der Waals surface area (Å²) < 4.78 is 92.7. The molecule has 2 heterocycles. The van der Waals surface area contributed by atoms with Gasteiger partial charge in [-0.25, -0.2) is 30.0 Å². The zero-order valence-electron chi connectivity index (χ0n) is 29.1. The second-order valence-corrected chi connectivity index (χ2v) is 18.9. The Hall–Kier alpha value is -3.51. The zero-order valence-corrected chi connectivity index (χ0v) is 30.8. The summed E-state index contributed by atoms with van der Waals surface area (Å²) >= 11 is 0. The molecule has 4 atom stereocenters. The van der Waals surface area contributed by atoms with Crippen LogP contribution in [-0.4, -0.2) is 50.8 Å². The average molecular weight is 729 g/mol. The van der Waals surface area contributed by atoms with Gasteiger partial charge >= 0.3 is 0 Å².